The summed E-state index contributed by atoms with van der Waals surface area (Å²) in [6.45, 7) is 2.09. The second kappa shape index (κ2) is 7.19. The molecule has 2 heterocycles. The molecule has 5 nitrogen and oxygen atoms in total. The fraction of sp³-hybridized carbons (Fsp3) is 0.333. The number of nitrogens with two attached hydrogens (primary N) is 1. The largest absolute Gasteiger partial charge is 0.464 e. The van der Waals surface area contributed by atoms with E-state index in [4.69, 9.17) is 10.2 Å². The summed E-state index contributed by atoms with van der Waals surface area (Å²) in [5, 5.41) is 4.47. The topological polar surface area (TPSA) is 85.3 Å². The van der Waals surface area contributed by atoms with Gasteiger partial charge in [0.15, 0.2) is 0 Å². The molecule has 140 valence electrons. The van der Waals surface area contributed by atoms with Crippen LogP contribution in [0.5, 0.6) is 0 Å². The molecule has 0 radical (unpaired) electrons. The minimum absolute atomic E-state index is 0.166. The smallest absolute Gasteiger partial charge is 0.251 e. The van der Waals surface area contributed by atoms with E-state index < -0.39 is 5.91 Å². The van der Waals surface area contributed by atoms with Crippen LogP contribution in [0.3, 0.4) is 0 Å². The van der Waals surface area contributed by atoms with Crippen LogP contribution in [0.1, 0.15) is 51.7 Å². The molecule has 1 aromatic carbocycles. The Morgan fingerprint density at radius 3 is 2.85 bits per heavy atom. The lowest BCUT2D eigenvalue weighted by molar-refractivity contribution is -0.115. The Kier molecular flexibility index (Phi) is 4.74. The first-order chi connectivity index (χ1) is 13.1. The quantitative estimate of drug-likeness (QED) is 0.693. The minimum Gasteiger partial charge on any atom is -0.464 e. The number of carbonyl (C=O) groups excluding carboxylic acids is 2. The van der Waals surface area contributed by atoms with Gasteiger partial charge < -0.3 is 15.5 Å². The Morgan fingerprint density at radius 2 is 2.07 bits per heavy atom. The molecule has 2 amide bonds. The summed E-state index contributed by atoms with van der Waals surface area (Å²) in [6.07, 6.45) is 6.72. The highest BCUT2D eigenvalue weighted by Gasteiger charge is 2.25. The summed E-state index contributed by atoms with van der Waals surface area (Å²) in [7, 11) is 0. The van der Waals surface area contributed by atoms with Gasteiger partial charge in [-0.15, -0.1) is 11.3 Å². The normalized spacial score (nSPS) is 13.5. The third-order valence-corrected chi connectivity index (χ3v) is 6.36. The van der Waals surface area contributed by atoms with Gasteiger partial charge in [0.2, 0.25) is 5.91 Å². The molecule has 2 aromatic heterocycles. The SMILES string of the molecule is CCc1ccc2occ(CC(=O)Nc3sc4c(c3C(N)=O)CCCC4)c2c1. The zero-order valence-electron chi connectivity index (χ0n) is 15.3. The second-order valence-corrected chi connectivity index (χ2v) is 8.05. The van der Waals surface area contributed by atoms with Crippen LogP contribution in [0.4, 0.5) is 5.00 Å². The van der Waals surface area contributed by atoms with Gasteiger partial charge in [-0.3, -0.25) is 9.59 Å². The number of hydrogen-bond donors (Lipinski definition) is 2. The van der Waals surface area contributed by atoms with Gasteiger partial charge in [-0.05, 0) is 55.4 Å². The van der Waals surface area contributed by atoms with Crippen LogP contribution < -0.4 is 11.1 Å². The van der Waals surface area contributed by atoms with Crippen molar-refractivity contribution in [3.63, 3.8) is 0 Å². The van der Waals surface area contributed by atoms with Crippen LogP contribution in [0.2, 0.25) is 0 Å². The molecule has 3 aromatic rings. The predicted octanol–water partition coefficient (Wildman–Crippen LogP) is 4.22. The van der Waals surface area contributed by atoms with Gasteiger partial charge in [-0.1, -0.05) is 13.0 Å². The molecule has 0 aliphatic heterocycles. The van der Waals surface area contributed by atoms with Crippen LogP contribution >= 0.6 is 11.3 Å². The summed E-state index contributed by atoms with van der Waals surface area (Å²) in [4.78, 5) is 25.8. The van der Waals surface area contributed by atoms with Crippen molar-refractivity contribution in [1.82, 2.24) is 0 Å². The number of primary amides is 1. The van der Waals surface area contributed by atoms with E-state index in [9.17, 15) is 9.59 Å². The van der Waals surface area contributed by atoms with Crippen LogP contribution in [-0.2, 0) is 30.5 Å². The maximum Gasteiger partial charge on any atom is 0.251 e. The van der Waals surface area contributed by atoms with E-state index in [-0.39, 0.29) is 12.3 Å². The van der Waals surface area contributed by atoms with E-state index in [1.165, 1.54) is 21.8 Å². The minimum atomic E-state index is -0.467. The number of aryl methyl sites for hydroxylation is 2. The maximum absolute atomic E-state index is 12.7. The first-order valence-electron chi connectivity index (χ1n) is 9.30. The lowest BCUT2D eigenvalue weighted by Gasteiger charge is -2.11. The van der Waals surface area contributed by atoms with Crippen molar-refractivity contribution in [3.8, 4) is 0 Å². The summed E-state index contributed by atoms with van der Waals surface area (Å²) in [5.74, 6) is -0.633. The van der Waals surface area contributed by atoms with Gasteiger partial charge in [0.05, 0.1) is 18.2 Å². The number of thiophene rings is 1. The zero-order valence-corrected chi connectivity index (χ0v) is 16.1. The van der Waals surface area contributed by atoms with Crippen molar-refractivity contribution >= 4 is 39.1 Å². The molecule has 27 heavy (non-hydrogen) atoms. The second-order valence-electron chi connectivity index (χ2n) is 6.95. The van der Waals surface area contributed by atoms with Gasteiger partial charge >= 0.3 is 0 Å². The molecule has 0 atom stereocenters. The van der Waals surface area contributed by atoms with E-state index in [1.54, 1.807) is 6.26 Å². The predicted molar refractivity (Wildman–Crippen MR) is 107 cm³/mol. The molecule has 0 bridgehead atoms. The lowest BCUT2D eigenvalue weighted by Crippen LogP contribution is -2.19. The number of nitrogens with one attached hydrogen (secondary N) is 1. The molecule has 0 spiro atoms. The third-order valence-electron chi connectivity index (χ3n) is 5.15. The molecule has 0 saturated heterocycles. The molecule has 3 N–H and O–H groups in total. The van der Waals surface area contributed by atoms with E-state index in [1.807, 2.05) is 12.1 Å². The number of fused-ring (bicyclic) bond motifs is 2. The molecular formula is C21H22N2O3S. The highest BCUT2D eigenvalue weighted by molar-refractivity contribution is 7.17. The van der Waals surface area contributed by atoms with E-state index in [2.05, 4.69) is 18.3 Å². The van der Waals surface area contributed by atoms with Crippen LogP contribution in [-0.4, -0.2) is 11.8 Å². The Bertz CT molecular complexity index is 1030. The average molecular weight is 382 g/mol. The van der Waals surface area contributed by atoms with Crippen LogP contribution in [0, 0.1) is 0 Å². The first-order valence-corrected chi connectivity index (χ1v) is 10.1. The van der Waals surface area contributed by atoms with Crippen molar-refractivity contribution in [2.45, 2.75) is 45.4 Å². The molecular weight excluding hydrogens is 360 g/mol. The number of benzene rings is 1. The number of carbonyl (C=O) groups is 2. The molecule has 0 fully saturated rings. The highest BCUT2D eigenvalue weighted by atomic mass is 32.1. The van der Waals surface area contributed by atoms with E-state index >= 15 is 0 Å². The maximum atomic E-state index is 12.7. The Labute approximate surface area is 161 Å². The van der Waals surface area contributed by atoms with Gasteiger partial charge in [0.25, 0.3) is 5.91 Å². The fourth-order valence-electron chi connectivity index (χ4n) is 3.74. The van der Waals surface area contributed by atoms with E-state index in [0.717, 1.165) is 54.2 Å². The zero-order chi connectivity index (χ0) is 19.0. The Balaban J connectivity index is 1.59. The standard InChI is InChI=1S/C21H22N2O3S/c1-2-12-7-8-16-15(9-12)13(11-26-16)10-18(24)23-21-19(20(22)25)14-5-3-4-6-17(14)27-21/h7-9,11H,2-6,10H2,1H3,(H2,22,25)(H,23,24). The highest BCUT2D eigenvalue weighted by Crippen LogP contribution is 2.38. The first kappa shape index (κ1) is 17.8. The monoisotopic (exact) mass is 382 g/mol. The molecule has 0 saturated carbocycles. The number of anilines is 1. The molecule has 1 aliphatic rings. The Morgan fingerprint density at radius 1 is 1.26 bits per heavy atom. The van der Waals surface area contributed by atoms with Crippen molar-refractivity contribution < 1.29 is 14.0 Å². The molecule has 0 unspecified atom stereocenters. The van der Waals surface area contributed by atoms with Crippen molar-refractivity contribution in [2.24, 2.45) is 5.73 Å². The average Bonchev–Trinajstić information content (AvgIpc) is 3.22. The summed E-state index contributed by atoms with van der Waals surface area (Å²) in [5.41, 5.74) is 9.95. The molecule has 1 aliphatic carbocycles. The number of rotatable bonds is 5. The van der Waals surface area contributed by atoms with Gasteiger partial charge in [-0.2, -0.15) is 0 Å². The van der Waals surface area contributed by atoms with E-state index in [0.29, 0.717) is 10.6 Å². The molecule has 4 rings (SSSR count). The van der Waals surface area contributed by atoms with Crippen LogP contribution in [0.15, 0.2) is 28.9 Å². The fourth-order valence-corrected chi connectivity index (χ4v) is 5.05. The number of amides is 2. The van der Waals surface area contributed by atoms with Crippen LogP contribution in [0.25, 0.3) is 11.0 Å². The van der Waals surface area contributed by atoms with Crippen molar-refractivity contribution in [3.05, 3.63) is 51.6 Å². The van der Waals surface area contributed by atoms with Gasteiger partial charge in [-0.25, -0.2) is 0 Å². The molecule has 6 heteroatoms. The lowest BCUT2D eigenvalue weighted by atomic mass is 9.95. The summed E-state index contributed by atoms with van der Waals surface area (Å²) in [6, 6.07) is 6.04. The van der Waals surface area contributed by atoms with Gasteiger partial charge in [0.1, 0.15) is 10.6 Å². The summed E-state index contributed by atoms with van der Waals surface area (Å²) < 4.78 is 5.58. The third kappa shape index (κ3) is 3.37. The van der Waals surface area contributed by atoms with Crippen molar-refractivity contribution in [2.75, 3.05) is 5.32 Å². The van der Waals surface area contributed by atoms with Gasteiger partial charge in [0, 0.05) is 15.8 Å². The summed E-state index contributed by atoms with van der Waals surface area (Å²) >= 11 is 1.48. The van der Waals surface area contributed by atoms with Crippen molar-refractivity contribution in [1.29, 1.82) is 0 Å². The number of furan rings is 1. The number of hydrogen-bond acceptors (Lipinski definition) is 4. The Hall–Kier alpha value is -2.60.